The second-order valence-electron chi connectivity index (χ2n) is 3.54. The molecule has 0 spiro atoms. The predicted octanol–water partition coefficient (Wildman–Crippen LogP) is 1.75. The zero-order valence-electron chi connectivity index (χ0n) is 8.53. The van der Waals surface area contributed by atoms with Gasteiger partial charge in [-0.2, -0.15) is 0 Å². The molecule has 3 heteroatoms. The van der Waals surface area contributed by atoms with Gasteiger partial charge in [0.1, 0.15) is 5.52 Å². The molecule has 0 saturated heterocycles. The van der Waals surface area contributed by atoms with Gasteiger partial charge < -0.3 is 9.13 Å². The lowest BCUT2D eigenvalue weighted by Crippen LogP contribution is -2.20. The van der Waals surface area contributed by atoms with Gasteiger partial charge >= 0.3 is 0 Å². The van der Waals surface area contributed by atoms with Crippen molar-refractivity contribution in [1.82, 2.24) is 9.13 Å². The molecule has 2 heterocycles. The third-order valence-corrected chi connectivity index (χ3v) is 2.47. The summed E-state index contributed by atoms with van der Waals surface area (Å²) in [6.07, 6.45) is 4.77. The van der Waals surface area contributed by atoms with Crippen LogP contribution < -0.4 is 5.56 Å². The molecule has 74 valence electrons. The molecule has 0 aliphatic heterocycles. The van der Waals surface area contributed by atoms with E-state index in [1.54, 1.807) is 4.57 Å². The Morgan fingerprint density at radius 1 is 1.29 bits per heavy atom. The van der Waals surface area contributed by atoms with Crippen molar-refractivity contribution in [2.24, 2.45) is 7.05 Å². The zero-order valence-corrected chi connectivity index (χ0v) is 8.53. The summed E-state index contributed by atoms with van der Waals surface area (Å²) >= 11 is 0. The van der Waals surface area contributed by atoms with Crippen molar-refractivity contribution in [2.75, 3.05) is 0 Å². The van der Waals surface area contributed by atoms with Crippen molar-refractivity contribution in [2.45, 2.75) is 19.9 Å². The Balaban J connectivity index is 2.73. The van der Waals surface area contributed by atoms with Crippen LogP contribution in [0.15, 0.2) is 29.3 Å². The van der Waals surface area contributed by atoms with E-state index in [1.165, 1.54) is 0 Å². The van der Waals surface area contributed by atoms with Crippen LogP contribution in [0.1, 0.15) is 13.3 Å². The van der Waals surface area contributed by atoms with Gasteiger partial charge in [0.05, 0.1) is 0 Å². The van der Waals surface area contributed by atoms with Crippen LogP contribution in [0.5, 0.6) is 0 Å². The van der Waals surface area contributed by atoms with Crippen molar-refractivity contribution < 1.29 is 0 Å². The quantitative estimate of drug-likeness (QED) is 0.708. The Morgan fingerprint density at radius 2 is 2.00 bits per heavy atom. The van der Waals surface area contributed by atoms with E-state index in [1.807, 2.05) is 36.1 Å². The molecular weight excluding hydrogens is 176 g/mol. The number of aromatic nitrogens is 2. The van der Waals surface area contributed by atoms with Crippen molar-refractivity contribution in [3.8, 4) is 0 Å². The summed E-state index contributed by atoms with van der Waals surface area (Å²) in [7, 11) is 1.90. The first-order valence-electron chi connectivity index (χ1n) is 4.88. The van der Waals surface area contributed by atoms with Crippen molar-refractivity contribution in [3.63, 3.8) is 0 Å². The maximum Gasteiger partial charge on any atom is 0.275 e. The third kappa shape index (κ3) is 1.25. The van der Waals surface area contributed by atoms with Crippen molar-refractivity contribution >= 4 is 10.9 Å². The van der Waals surface area contributed by atoms with Gasteiger partial charge in [-0.1, -0.05) is 6.92 Å². The highest BCUT2D eigenvalue weighted by atomic mass is 16.1. The average Bonchev–Trinajstić information content (AvgIpc) is 2.54. The minimum atomic E-state index is 0.108. The Bertz CT molecular complexity index is 507. The van der Waals surface area contributed by atoms with Gasteiger partial charge in [-0.25, -0.2) is 0 Å². The molecule has 0 bridgehead atoms. The van der Waals surface area contributed by atoms with Gasteiger partial charge in [0.15, 0.2) is 0 Å². The molecule has 14 heavy (non-hydrogen) atoms. The van der Waals surface area contributed by atoms with E-state index in [2.05, 4.69) is 6.92 Å². The monoisotopic (exact) mass is 190 g/mol. The average molecular weight is 190 g/mol. The normalized spacial score (nSPS) is 11.0. The van der Waals surface area contributed by atoms with E-state index < -0.39 is 0 Å². The topological polar surface area (TPSA) is 26.9 Å². The number of hydrogen-bond donors (Lipinski definition) is 0. The largest absolute Gasteiger partial charge is 0.346 e. The van der Waals surface area contributed by atoms with E-state index in [-0.39, 0.29) is 5.56 Å². The van der Waals surface area contributed by atoms with Crippen molar-refractivity contribution in [1.29, 1.82) is 0 Å². The second-order valence-corrected chi connectivity index (χ2v) is 3.54. The van der Waals surface area contributed by atoms with Crippen LogP contribution in [0.25, 0.3) is 10.9 Å². The number of aryl methyl sites for hydroxylation is 2. The smallest absolute Gasteiger partial charge is 0.275 e. The lowest BCUT2D eigenvalue weighted by Gasteiger charge is -2.04. The van der Waals surface area contributed by atoms with E-state index in [0.717, 1.165) is 23.9 Å². The summed E-state index contributed by atoms with van der Waals surface area (Å²) in [5.74, 6) is 0. The number of fused-ring (bicyclic) bond motifs is 1. The first-order valence-corrected chi connectivity index (χ1v) is 4.88. The van der Waals surface area contributed by atoms with Gasteiger partial charge in [-0.15, -0.1) is 0 Å². The molecule has 0 radical (unpaired) electrons. The zero-order chi connectivity index (χ0) is 10.1. The number of pyridine rings is 1. The molecule has 0 N–H and O–H groups in total. The Morgan fingerprint density at radius 3 is 2.71 bits per heavy atom. The summed E-state index contributed by atoms with van der Waals surface area (Å²) in [4.78, 5) is 11.9. The third-order valence-electron chi connectivity index (χ3n) is 2.47. The Labute approximate surface area is 82.6 Å². The highest BCUT2D eigenvalue weighted by Crippen LogP contribution is 2.09. The van der Waals surface area contributed by atoms with E-state index >= 15 is 0 Å². The molecule has 0 unspecified atom stereocenters. The molecule has 2 rings (SSSR count). The first-order chi connectivity index (χ1) is 6.74. The predicted molar refractivity (Wildman–Crippen MR) is 57.5 cm³/mol. The number of hydrogen-bond acceptors (Lipinski definition) is 1. The minimum Gasteiger partial charge on any atom is -0.346 e. The lowest BCUT2D eigenvalue weighted by molar-refractivity contribution is 0.656. The van der Waals surface area contributed by atoms with Crippen LogP contribution in [-0.4, -0.2) is 9.13 Å². The molecule has 0 aliphatic carbocycles. The molecule has 0 aromatic carbocycles. The first kappa shape index (κ1) is 9.06. The molecule has 0 atom stereocenters. The maximum absolute atomic E-state index is 11.9. The summed E-state index contributed by atoms with van der Waals surface area (Å²) < 4.78 is 3.64. The van der Waals surface area contributed by atoms with E-state index in [0.29, 0.717) is 0 Å². The van der Waals surface area contributed by atoms with Gasteiger partial charge in [-0.3, -0.25) is 4.79 Å². The summed E-state index contributed by atoms with van der Waals surface area (Å²) in [5.41, 5.74) is 0.901. The van der Waals surface area contributed by atoms with Gasteiger partial charge in [-0.05, 0) is 18.6 Å². The van der Waals surface area contributed by atoms with E-state index in [9.17, 15) is 4.79 Å². The molecule has 2 aromatic rings. The standard InChI is InChI=1S/C11H14N2O/c1-3-6-13-8-5-9-4-7-12(2)10(9)11(13)14/h4-5,7-8H,3,6H2,1-2H3. The molecule has 0 fully saturated rings. The summed E-state index contributed by atoms with van der Waals surface area (Å²) in [6.45, 7) is 2.86. The van der Waals surface area contributed by atoms with Crippen LogP contribution in [0, 0.1) is 0 Å². The molecule has 0 saturated carbocycles. The van der Waals surface area contributed by atoms with Crippen LogP contribution in [0.4, 0.5) is 0 Å². The SMILES string of the molecule is CCCn1ccc2ccn(C)c2c1=O. The Hall–Kier alpha value is -1.51. The fourth-order valence-electron chi connectivity index (χ4n) is 1.75. The fraction of sp³-hybridized carbons (Fsp3) is 0.364. The number of rotatable bonds is 2. The van der Waals surface area contributed by atoms with Crippen LogP contribution >= 0.6 is 0 Å². The minimum absolute atomic E-state index is 0.108. The molecule has 2 aromatic heterocycles. The molecule has 0 aliphatic rings. The highest BCUT2D eigenvalue weighted by molar-refractivity contribution is 5.78. The molecule has 3 nitrogen and oxygen atoms in total. The number of nitrogens with zero attached hydrogens (tertiary/aromatic N) is 2. The van der Waals surface area contributed by atoms with Gasteiger partial charge in [0.2, 0.25) is 0 Å². The molecular formula is C11H14N2O. The van der Waals surface area contributed by atoms with Crippen LogP contribution in [-0.2, 0) is 13.6 Å². The van der Waals surface area contributed by atoms with Crippen LogP contribution in [0.2, 0.25) is 0 Å². The van der Waals surface area contributed by atoms with E-state index in [4.69, 9.17) is 0 Å². The van der Waals surface area contributed by atoms with Crippen molar-refractivity contribution in [3.05, 3.63) is 34.9 Å². The summed E-state index contributed by atoms with van der Waals surface area (Å²) in [6, 6.07) is 3.96. The van der Waals surface area contributed by atoms with Gasteiger partial charge in [0.25, 0.3) is 5.56 Å². The van der Waals surface area contributed by atoms with Crippen LogP contribution in [0.3, 0.4) is 0 Å². The Kier molecular flexibility index (Phi) is 2.15. The lowest BCUT2D eigenvalue weighted by atomic mass is 10.3. The summed E-state index contributed by atoms with van der Waals surface area (Å²) in [5, 5.41) is 1.02. The second kappa shape index (κ2) is 3.33. The maximum atomic E-state index is 11.9. The fourth-order valence-corrected chi connectivity index (χ4v) is 1.75. The molecule has 0 amide bonds. The van der Waals surface area contributed by atoms with Gasteiger partial charge in [0, 0.05) is 31.4 Å². The highest BCUT2D eigenvalue weighted by Gasteiger charge is 2.04.